The van der Waals surface area contributed by atoms with Gasteiger partial charge in [-0.05, 0) is 6.08 Å². The Kier molecular flexibility index (Phi) is 4.67. The van der Waals surface area contributed by atoms with Crippen LogP contribution in [0.3, 0.4) is 0 Å². The van der Waals surface area contributed by atoms with Crippen LogP contribution in [0.2, 0.25) is 0 Å². The van der Waals surface area contributed by atoms with Crippen molar-refractivity contribution in [3.63, 3.8) is 0 Å². The van der Waals surface area contributed by atoms with Gasteiger partial charge >= 0.3 is 0 Å². The summed E-state index contributed by atoms with van der Waals surface area (Å²) in [5.41, 5.74) is 5.39. The van der Waals surface area contributed by atoms with Crippen LogP contribution in [0.4, 0.5) is 0 Å². The van der Waals surface area contributed by atoms with E-state index in [1.54, 1.807) is 0 Å². The fourth-order valence-electron chi connectivity index (χ4n) is 0.289. The standard InChI is InChI=1S/C7H11ClN2/c1-3-6(8)5-10-7(9)4-2/h3,5H,1,4H2,2H3,(H2,9,10)/b6-5+. The maximum absolute atomic E-state index is 5.55. The molecule has 0 rings (SSSR count). The average molecular weight is 159 g/mol. The molecule has 3 heteroatoms. The second-order valence-electron chi connectivity index (χ2n) is 1.69. The summed E-state index contributed by atoms with van der Waals surface area (Å²) in [6.07, 6.45) is 3.72. The summed E-state index contributed by atoms with van der Waals surface area (Å²) < 4.78 is 0. The summed E-state index contributed by atoms with van der Waals surface area (Å²) in [4.78, 5) is 3.84. The van der Waals surface area contributed by atoms with Gasteiger partial charge in [0.2, 0.25) is 0 Å². The van der Waals surface area contributed by atoms with Gasteiger partial charge in [0.25, 0.3) is 0 Å². The topological polar surface area (TPSA) is 38.4 Å². The number of hydrogen-bond acceptors (Lipinski definition) is 1. The molecule has 0 saturated heterocycles. The van der Waals surface area contributed by atoms with Gasteiger partial charge in [0.15, 0.2) is 0 Å². The van der Waals surface area contributed by atoms with Crippen molar-refractivity contribution in [1.82, 2.24) is 0 Å². The molecule has 10 heavy (non-hydrogen) atoms. The van der Waals surface area contributed by atoms with Crippen molar-refractivity contribution in [3.8, 4) is 0 Å². The summed E-state index contributed by atoms with van der Waals surface area (Å²) in [5, 5.41) is 0.497. The molecule has 2 nitrogen and oxygen atoms in total. The van der Waals surface area contributed by atoms with E-state index in [1.807, 2.05) is 6.92 Å². The largest absolute Gasteiger partial charge is 0.387 e. The smallest absolute Gasteiger partial charge is 0.0986 e. The predicted molar refractivity (Wildman–Crippen MR) is 46.0 cm³/mol. The van der Waals surface area contributed by atoms with Gasteiger partial charge in [-0.1, -0.05) is 25.1 Å². The molecular weight excluding hydrogens is 148 g/mol. The van der Waals surface area contributed by atoms with Crippen LogP contribution in [-0.2, 0) is 0 Å². The molecule has 0 unspecified atom stereocenters. The zero-order valence-corrected chi connectivity index (χ0v) is 6.73. The van der Waals surface area contributed by atoms with Crippen molar-refractivity contribution >= 4 is 17.4 Å². The highest BCUT2D eigenvalue weighted by Crippen LogP contribution is 2.00. The van der Waals surface area contributed by atoms with Gasteiger partial charge in [0, 0.05) is 12.6 Å². The molecule has 0 spiro atoms. The van der Waals surface area contributed by atoms with E-state index in [-0.39, 0.29) is 0 Å². The van der Waals surface area contributed by atoms with E-state index in [9.17, 15) is 0 Å². The molecule has 0 atom stereocenters. The Balaban J connectivity index is 4.03. The Morgan fingerprint density at radius 2 is 2.40 bits per heavy atom. The van der Waals surface area contributed by atoms with Crippen LogP contribution in [0.25, 0.3) is 0 Å². The third-order valence-corrected chi connectivity index (χ3v) is 1.16. The number of hydrogen-bond donors (Lipinski definition) is 1. The van der Waals surface area contributed by atoms with E-state index < -0.39 is 0 Å². The molecule has 0 aliphatic rings. The maximum atomic E-state index is 5.55. The van der Waals surface area contributed by atoms with Crippen LogP contribution in [0.15, 0.2) is 28.9 Å². The molecule has 0 aromatic rings. The lowest BCUT2D eigenvalue weighted by Gasteiger charge is -1.89. The van der Waals surface area contributed by atoms with Gasteiger partial charge in [0.1, 0.15) is 0 Å². The van der Waals surface area contributed by atoms with Crippen LogP contribution >= 0.6 is 11.6 Å². The minimum absolute atomic E-state index is 0.497. The van der Waals surface area contributed by atoms with Crippen molar-refractivity contribution in [1.29, 1.82) is 0 Å². The molecule has 0 radical (unpaired) electrons. The maximum Gasteiger partial charge on any atom is 0.0986 e. The first-order chi connectivity index (χ1) is 4.70. The fraction of sp³-hybridized carbons (Fsp3) is 0.286. The van der Waals surface area contributed by atoms with Crippen molar-refractivity contribution in [2.24, 2.45) is 10.7 Å². The Morgan fingerprint density at radius 1 is 1.80 bits per heavy atom. The molecule has 0 heterocycles. The number of nitrogens with zero attached hydrogens (tertiary/aromatic N) is 1. The first-order valence-electron chi connectivity index (χ1n) is 3.01. The molecule has 0 aliphatic carbocycles. The quantitative estimate of drug-likeness (QED) is 0.381. The summed E-state index contributed by atoms with van der Waals surface area (Å²) in [5.74, 6) is 0.569. The van der Waals surface area contributed by atoms with E-state index in [0.717, 1.165) is 6.42 Å². The van der Waals surface area contributed by atoms with E-state index in [1.165, 1.54) is 12.3 Å². The minimum atomic E-state index is 0.497. The van der Waals surface area contributed by atoms with E-state index in [4.69, 9.17) is 17.3 Å². The van der Waals surface area contributed by atoms with Crippen molar-refractivity contribution in [3.05, 3.63) is 23.9 Å². The first-order valence-corrected chi connectivity index (χ1v) is 3.38. The van der Waals surface area contributed by atoms with Crippen molar-refractivity contribution < 1.29 is 0 Å². The molecule has 56 valence electrons. The Morgan fingerprint density at radius 3 is 2.80 bits per heavy atom. The van der Waals surface area contributed by atoms with Gasteiger partial charge in [-0.2, -0.15) is 0 Å². The average Bonchev–Trinajstić information content (AvgIpc) is 1.99. The Labute approximate surface area is 66.1 Å². The summed E-state index contributed by atoms with van der Waals surface area (Å²) in [6, 6.07) is 0. The number of aliphatic imine (C=N–C) groups is 1. The molecule has 0 fully saturated rings. The molecule has 0 aromatic heterocycles. The molecular formula is C7H11ClN2. The summed E-state index contributed by atoms with van der Waals surface area (Å²) >= 11 is 5.55. The number of amidine groups is 1. The Hall–Kier alpha value is -0.760. The van der Waals surface area contributed by atoms with Crippen LogP contribution in [0, 0.1) is 0 Å². The lowest BCUT2D eigenvalue weighted by atomic mass is 10.4. The monoisotopic (exact) mass is 158 g/mol. The van der Waals surface area contributed by atoms with E-state index in [0.29, 0.717) is 10.9 Å². The van der Waals surface area contributed by atoms with Crippen LogP contribution in [0.1, 0.15) is 13.3 Å². The number of rotatable bonds is 3. The molecule has 0 saturated carbocycles. The zero-order valence-electron chi connectivity index (χ0n) is 5.97. The first kappa shape index (κ1) is 9.24. The van der Waals surface area contributed by atoms with Crippen LogP contribution in [-0.4, -0.2) is 5.84 Å². The van der Waals surface area contributed by atoms with Gasteiger partial charge in [-0.25, -0.2) is 4.99 Å². The number of allylic oxidation sites excluding steroid dienone is 2. The second-order valence-corrected chi connectivity index (χ2v) is 2.13. The molecule has 0 amide bonds. The highest BCUT2D eigenvalue weighted by molar-refractivity contribution is 6.31. The van der Waals surface area contributed by atoms with Gasteiger partial charge in [-0.3, -0.25) is 0 Å². The van der Waals surface area contributed by atoms with E-state index >= 15 is 0 Å². The number of halogens is 1. The lowest BCUT2D eigenvalue weighted by Crippen LogP contribution is -2.08. The Bertz CT molecular complexity index is 170. The molecule has 2 N–H and O–H groups in total. The summed E-state index contributed by atoms with van der Waals surface area (Å²) in [7, 11) is 0. The third kappa shape index (κ3) is 4.15. The van der Waals surface area contributed by atoms with Crippen molar-refractivity contribution in [2.75, 3.05) is 0 Å². The number of nitrogens with two attached hydrogens (primary N) is 1. The predicted octanol–water partition coefficient (Wildman–Crippen LogP) is 2.02. The molecule has 0 bridgehead atoms. The second kappa shape index (κ2) is 5.06. The van der Waals surface area contributed by atoms with Gasteiger partial charge in [0.05, 0.1) is 10.9 Å². The van der Waals surface area contributed by atoms with Gasteiger partial charge < -0.3 is 5.73 Å². The normalized spacial score (nSPS) is 13.4. The highest BCUT2D eigenvalue weighted by Gasteiger charge is 1.83. The van der Waals surface area contributed by atoms with Gasteiger partial charge in [-0.15, -0.1) is 0 Å². The van der Waals surface area contributed by atoms with Crippen LogP contribution < -0.4 is 5.73 Å². The fourth-order valence-corrected chi connectivity index (χ4v) is 0.337. The third-order valence-electron chi connectivity index (χ3n) is 0.911. The highest BCUT2D eigenvalue weighted by atomic mass is 35.5. The van der Waals surface area contributed by atoms with E-state index in [2.05, 4.69) is 11.6 Å². The lowest BCUT2D eigenvalue weighted by molar-refractivity contribution is 1.23. The SMILES string of the molecule is C=C/C(Cl)=C\N=C(N)CC. The molecule has 0 aliphatic heterocycles. The van der Waals surface area contributed by atoms with Crippen molar-refractivity contribution in [2.45, 2.75) is 13.3 Å². The zero-order chi connectivity index (χ0) is 7.98. The molecule has 0 aromatic carbocycles. The van der Waals surface area contributed by atoms with Crippen LogP contribution in [0.5, 0.6) is 0 Å². The summed E-state index contributed by atoms with van der Waals surface area (Å²) in [6.45, 7) is 5.38. The minimum Gasteiger partial charge on any atom is -0.387 e.